The van der Waals surface area contributed by atoms with E-state index in [2.05, 4.69) is 12.1 Å². The van der Waals surface area contributed by atoms with Crippen LogP contribution < -0.4 is 0 Å². The number of benzene rings is 1. The lowest BCUT2D eigenvalue weighted by Gasteiger charge is -2.16. The molecule has 0 radical (unpaired) electrons. The monoisotopic (exact) mass is 482 g/mol. The van der Waals surface area contributed by atoms with Crippen molar-refractivity contribution in [2.24, 2.45) is 0 Å². The first kappa shape index (κ1) is 29.2. The minimum atomic E-state index is 0.128. The highest BCUT2D eigenvalue weighted by molar-refractivity contribution is 8.13. The minimum Gasteiger partial charge on any atom is -0.396 e. The Labute approximate surface area is 203 Å². The molecule has 1 aromatic rings. The Bertz CT molecular complexity index is 619. The molecule has 0 saturated carbocycles. The zero-order valence-corrected chi connectivity index (χ0v) is 21.6. The van der Waals surface area contributed by atoms with Gasteiger partial charge in [-0.05, 0) is 73.6 Å². The van der Waals surface area contributed by atoms with E-state index in [1.54, 1.807) is 13.8 Å². The molecule has 6 heteroatoms. The molecular weight excluding hydrogens is 440 g/mol. The predicted octanol–water partition coefficient (Wildman–Crippen LogP) is 5.52. The van der Waals surface area contributed by atoms with Gasteiger partial charge in [-0.15, -0.1) is 0 Å². The number of unbranched alkanes of at least 4 members (excludes halogenated alkanes) is 6. The lowest BCUT2D eigenvalue weighted by atomic mass is 9.90. The summed E-state index contributed by atoms with van der Waals surface area (Å²) in [6.07, 6.45) is 12.4. The van der Waals surface area contributed by atoms with E-state index >= 15 is 0 Å². The van der Waals surface area contributed by atoms with Gasteiger partial charge in [0.1, 0.15) is 0 Å². The Morgan fingerprint density at radius 3 is 1.28 bits per heavy atom. The van der Waals surface area contributed by atoms with Gasteiger partial charge in [-0.1, -0.05) is 61.3 Å². The zero-order chi connectivity index (χ0) is 23.6. The van der Waals surface area contributed by atoms with Crippen LogP contribution >= 0.6 is 23.5 Å². The van der Waals surface area contributed by atoms with Gasteiger partial charge in [0.25, 0.3) is 0 Å². The Morgan fingerprint density at radius 1 is 0.594 bits per heavy atom. The Kier molecular flexibility index (Phi) is 17.0. The molecular formula is C26H42O4S2. The second-order valence-corrected chi connectivity index (χ2v) is 10.9. The molecule has 0 unspecified atom stereocenters. The number of rotatable bonds is 18. The van der Waals surface area contributed by atoms with Crippen molar-refractivity contribution in [2.45, 2.75) is 90.9 Å². The normalized spacial score (nSPS) is 11.1. The minimum absolute atomic E-state index is 0.128. The van der Waals surface area contributed by atoms with Crippen LogP contribution in [-0.2, 0) is 35.3 Å². The third kappa shape index (κ3) is 13.7. The van der Waals surface area contributed by atoms with Crippen LogP contribution in [0.3, 0.4) is 0 Å². The number of hydrogen-bond donors (Lipinski definition) is 2. The smallest absolute Gasteiger partial charge is 0.185 e. The number of hydrogen-bond acceptors (Lipinski definition) is 6. The van der Waals surface area contributed by atoms with Crippen LogP contribution in [0.5, 0.6) is 0 Å². The first-order valence-electron chi connectivity index (χ1n) is 12.1. The van der Waals surface area contributed by atoms with Crippen molar-refractivity contribution < 1.29 is 19.8 Å². The second kappa shape index (κ2) is 18.6. The maximum Gasteiger partial charge on any atom is 0.185 e. The number of thioether (sulfide) groups is 2. The van der Waals surface area contributed by atoms with Gasteiger partial charge in [0.2, 0.25) is 0 Å². The molecule has 0 spiro atoms. The van der Waals surface area contributed by atoms with E-state index in [-0.39, 0.29) is 23.4 Å². The lowest BCUT2D eigenvalue weighted by molar-refractivity contribution is -0.109. The van der Waals surface area contributed by atoms with E-state index in [4.69, 9.17) is 0 Å². The second-order valence-electron chi connectivity index (χ2n) is 8.35. The third-order valence-corrected chi connectivity index (χ3v) is 7.37. The number of carbonyl (C=O) groups is 2. The molecule has 32 heavy (non-hydrogen) atoms. The molecule has 0 saturated heterocycles. The van der Waals surface area contributed by atoms with Gasteiger partial charge in [0.05, 0.1) is 0 Å². The fraction of sp³-hybridized carbons (Fsp3) is 0.692. The maximum absolute atomic E-state index is 11.0. The molecule has 0 aromatic heterocycles. The molecule has 1 rings (SSSR count). The molecule has 2 N–H and O–H groups in total. The van der Waals surface area contributed by atoms with Crippen molar-refractivity contribution in [2.75, 3.05) is 24.7 Å². The first-order chi connectivity index (χ1) is 15.5. The molecule has 0 bridgehead atoms. The molecule has 4 nitrogen and oxygen atoms in total. The van der Waals surface area contributed by atoms with Gasteiger partial charge in [-0.25, -0.2) is 0 Å². The van der Waals surface area contributed by atoms with Crippen molar-refractivity contribution in [1.29, 1.82) is 0 Å². The van der Waals surface area contributed by atoms with Gasteiger partial charge < -0.3 is 10.2 Å². The molecule has 0 aliphatic carbocycles. The molecule has 1 aromatic carbocycles. The number of aliphatic hydroxyl groups is 2. The fourth-order valence-electron chi connectivity index (χ4n) is 3.94. The summed E-state index contributed by atoms with van der Waals surface area (Å²) in [7, 11) is 0. The third-order valence-electron chi connectivity index (χ3n) is 5.58. The molecule has 0 amide bonds. The molecule has 0 fully saturated rings. The number of carbonyl (C=O) groups excluding carboxylic acids is 2. The zero-order valence-electron chi connectivity index (χ0n) is 20.0. The molecule has 0 aliphatic heterocycles. The SMILES string of the molecule is CC(=O)SCCCCCCc1cc(CCO)c(CCO)cc1CCCCCCSC(C)=O. The topological polar surface area (TPSA) is 74.6 Å². The van der Waals surface area contributed by atoms with E-state index in [1.807, 2.05) is 0 Å². The maximum atomic E-state index is 11.0. The van der Waals surface area contributed by atoms with E-state index in [0.29, 0.717) is 12.8 Å². The molecule has 0 heterocycles. The molecule has 182 valence electrons. The highest BCUT2D eigenvalue weighted by atomic mass is 32.2. The van der Waals surface area contributed by atoms with Gasteiger partial charge in [-0.2, -0.15) is 0 Å². The molecule has 0 aliphatic rings. The average Bonchev–Trinajstić information content (AvgIpc) is 2.74. The summed E-state index contributed by atoms with van der Waals surface area (Å²) in [6, 6.07) is 4.54. The van der Waals surface area contributed by atoms with Crippen molar-refractivity contribution >= 4 is 33.8 Å². The Hall–Kier alpha value is -0.820. The van der Waals surface area contributed by atoms with Crippen molar-refractivity contribution in [3.8, 4) is 0 Å². The lowest BCUT2D eigenvalue weighted by Crippen LogP contribution is -2.06. The Balaban J connectivity index is 2.63. The van der Waals surface area contributed by atoms with Gasteiger partial charge in [-0.3, -0.25) is 9.59 Å². The van der Waals surface area contributed by atoms with Crippen LogP contribution in [0.1, 0.15) is 87.5 Å². The largest absolute Gasteiger partial charge is 0.396 e. The van der Waals surface area contributed by atoms with Gasteiger partial charge in [0.15, 0.2) is 10.2 Å². The van der Waals surface area contributed by atoms with Crippen molar-refractivity contribution in [1.82, 2.24) is 0 Å². The van der Waals surface area contributed by atoms with Crippen LogP contribution in [0.4, 0.5) is 0 Å². The average molecular weight is 483 g/mol. The van der Waals surface area contributed by atoms with E-state index < -0.39 is 0 Å². The van der Waals surface area contributed by atoms with Crippen LogP contribution in [0, 0.1) is 0 Å². The van der Waals surface area contributed by atoms with Crippen molar-refractivity contribution in [3.63, 3.8) is 0 Å². The van der Waals surface area contributed by atoms with E-state index in [1.165, 1.54) is 58.6 Å². The van der Waals surface area contributed by atoms with Crippen LogP contribution in [0.2, 0.25) is 0 Å². The summed E-state index contributed by atoms with van der Waals surface area (Å²) in [5, 5.41) is 19.4. The standard InChI is InChI=1S/C26H42O4S2/c1-21(29)31-17-9-5-3-7-11-23-19-25(13-15-27)26(14-16-28)20-24(23)12-8-4-6-10-18-32-22(2)30/h19-20,27-28H,3-18H2,1-2H3. The quantitative estimate of drug-likeness (QED) is 0.268. The highest BCUT2D eigenvalue weighted by Gasteiger charge is 2.10. The summed E-state index contributed by atoms with van der Waals surface area (Å²) in [5.74, 6) is 1.84. The van der Waals surface area contributed by atoms with Crippen LogP contribution in [-0.4, -0.2) is 45.2 Å². The van der Waals surface area contributed by atoms with E-state index in [9.17, 15) is 19.8 Å². The summed E-state index contributed by atoms with van der Waals surface area (Å²) < 4.78 is 0. The number of aliphatic hydroxyl groups excluding tert-OH is 2. The summed E-state index contributed by atoms with van der Waals surface area (Å²) in [5.41, 5.74) is 5.11. The van der Waals surface area contributed by atoms with Crippen molar-refractivity contribution in [3.05, 3.63) is 34.4 Å². The predicted molar refractivity (Wildman–Crippen MR) is 139 cm³/mol. The first-order valence-corrected chi connectivity index (χ1v) is 14.1. The summed E-state index contributed by atoms with van der Waals surface area (Å²) in [6.45, 7) is 3.51. The Morgan fingerprint density at radius 2 is 0.938 bits per heavy atom. The summed E-state index contributed by atoms with van der Waals surface area (Å²) >= 11 is 2.84. The van der Waals surface area contributed by atoms with Crippen LogP contribution in [0.25, 0.3) is 0 Å². The highest BCUT2D eigenvalue weighted by Crippen LogP contribution is 2.23. The van der Waals surface area contributed by atoms with Crippen LogP contribution in [0.15, 0.2) is 12.1 Å². The van der Waals surface area contributed by atoms with Gasteiger partial charge in [0, 0.05) is 38.6 Å². The fourth-order valence-corrected chi connectivity index (χ4v) is 5.21. The number of aryl methyl sites for hydroxylation is 2. The van der Waals surface area contributed by atoms with E-state index in [0.717, 1.165) is 62.9 Å². The van der Waals surface area contributed by atoms with Gasteiger partial charge >= 0.3 is 0 Å². The molecule has 0 atom stereocenters. The summed E-state index contributed by atoms with van der Waals surface area (Å²) in [4.78, 5) is 22.0.